The van der Waals surface area contributed by atoms with Gasteiger partial charge in [0.25, 0.3) is 20.2 Å². The minimum absolute atomic E-state index is 0.0684. The molecule has 0 radical (unpaired) electrons. The molecule has 202 valence electrons. The van der Waals surface area contributed by atoms with Crippen LogP contribution in [-0.4, -0.2) is 42.3 Å². The van der Waals surface area contributed by atoms with Gasteiger partial charge in [-0.1, -0.05) is 54.7 Å². The first-order valence-electron chi connectivity index (χ1n) is 12.3. The van der Waals surface area contributed by atoms with E-state index in [2.05, 4.69) is 0 Å². The van der Waals surface area contributed by atoms with Crippen LogP contribution in [0.3, 0.4) is 0 Å². The van der Waals surface area contributed by atoms with Gasteiger partial charge in [-0.25, -0.2) is 0 Å². The highest BCUT2D eigenvalue weighted by atomic mass is 32.2. The standard InChI is InChI=1S/C27H40O7S2/c1-22-11-15-25(16-12-22)35(28,29)33-20-24(10-8-6-7-9-19-32-27(3,4)5)21-34-36(30,31)26-17-13-23(2)14-18-26/h11-18,24H,6-10,19-21H2,1-5H3. The van der Waals surface area contributed by atoms with Crippen LogP contribution in [0.15, 0.2) is 58.3 Å². The second-order valence-electron chi connectivity index (χ2n) is 10.1. The molecule has 0 atom stereocenters. The Morgan fingerprint density at radius 3 is 1.50 bits per heavy atom. The van der Waals surface area contributed by atoms with Gasteiger partial charge in [0.1, 0.15) is 0 Å². The van der Waals surface area contributed by atoms with Crippen molar-refractivity contribution in [1.29, 1.82) is 0 Å². The summed E-state index contributed by atoms with van der Waals surface area (Å²) in [5, 5.41) is 0. The van der Waals surface area contributed by atoms with Crippen molar-refractivity contribution in [1.82, 2.24) is 0 Å². The normalized spacial score (nSPS) is 12.8. The summed E-state index contributed by atoms with van der Waals surface area (Å²) in [6.07, 6.45) is 4.18. The SMILES string of the molecule is Cc1ccc(S(=O)(=O)OCC(CCCCCCOC(C)(C)C)COS(=O)(=O)c2ccc(C)cc2)cc1. The molecule has 7 nitrogen and oxygen atoms in total. The zero-order valence-electron chi connectivity index (χ0n) is 22.0. The van der Waals surface area contributed by atoms with Gasteiger partial charge in [0, 0.05) is 12.5 Å². The molecule has 2 aromatic rings. The third kappa shape index (κ3) is 11.1. The lowest BCUT2D eigenvalue weighted by molar-refractivity contribution is -0.00480. The van der Waals surface area contributed by atoms with Crippen LogP contribution in [-0.2, 0) is 33.3 Å². The van der Waals surface area contributed by atoms with Gasteiger partial charge < -0.3 is 4.74 Å². The number of unbranched alkanes of at least 4 members (excludes halogenated alkanes) is 3. The molecule has 36 heavy (non-hydrogen) atoms. The fourth-order valence-corrected chi connectivity index (χ4v) is 5.35. The maximum Gasteiger partial charge on any atom is 0.296 e. The Morgan fingerprint density at radius 1 is 0.667 bits per heavy atom. The van der Waals surface area contributed by atoms with Crippen molar-refractivity contribution in [3.8, 4) is 0 Å². The molecule has 0 unspecified atom stereocenters. The summed E-state index contributed by atoms with van der Waals surface area (Å²) in [6.45, 7) is 10.2. The van der Waals surface area contributed by atoms with Crippen LogP contribution >= 0.6 is 0 Å². The van der Waals surface area contributed by atoms with E-state index in [9.17, 15) is 16.8 Å². The molecule has 2 aromatic carbocycles. The van der Waals surface area contributed by atoms with Crippen molar-refractivity contribution in [2.75, 3.05) is 19.8 Å². The fraction of sp³-hybridized carbons (Fsp3) is 0.556. The largest absolute Gasteiger partial charge is 0.376 e. The number of ether oxygens (including phenoxy) is 1. The third-order valence-electron chi connectivity index (χ3n) is 5.58. The Balaban J connectivity index is 1.96. The van der Waals surface area contributed by atoms with Gasteiger partial charge in [0.05, 0.1) is 28.6 Å². The summed E-state index contributed by atoms with van der Waals surface area (Å²) in [5.41, 5.74) is 1.72. The fourth-order valence-electron chi connectivity index (χ4n) is 3.40. The lowest BCUT2D eigenvalue weighted by Crippen LogP contribution is -2.21. The van der Waals surface area contributed by atoms with Crippen LogP contribution < -0.4 is 0 Å². The molecule has 2 rings (SSSR count). The molecule has 0 bridgehead atoms. The Morgan fingerprint density at radius 2 is 1.08 bits per heavy atom. The summed E-state index contributed by atoms with van der Waals surface area (Å²) in [6, 6.07) is 12.8. The quantitative estimate of drug-likeness (QED) is 0.208. The number of aryl methyl sites for hydroxylation is 2. The van der Waals surface area contributed by atoms with Gasteiger partial charge in [-0.05, 0) is 71.7 Å². The maximum atomic E-state index is 12.6. The highest BCUT2D eigenvalue weighted by Gasteiger charge is 2.22. The van der Waals surface area contributed by atoms with Crippen LogP contribution in [0, 0.1) is 19.8 Å². The average molecular weight is 541 g/mol. The molecule has 0 amide bonds. The number of hydrogen-bond donors (Lipinski definition) is 0. The summed E-state index contributed by atoms with van der Waals surface area (Å²) in [7, 11) is -7.92. The maximum absolute atomic E-state index is 12.6. The number of rotatable bonds is 15. The van der Waals surface area contributed by atoms with Gasteiger partial charge in [0.2, 0.25) is 0 Å². The van der Waals surface area contributed by atoms with Crippen LogP contribution in [0.2, 0.25) is 0 Å². The molecular weight excluding hydrogens is 500 g/mol. The summed E-state index contributed by atoms with van der Waals surface area (Å²) < 4.78 is 66.9. The van der Waals surface area contributed by atoms with Gasteiger partial charge >= 0.3 is 0 Å². The van der Waals surface area contributed by atoms with Crippen LogP contribution in [0.4, 0.5) is 0 Å². The van der Waals surface area contributed by atoms with Gasteiger partial charge in [-0.15, -0.1) is 0 Å². The van der Waals surface area contributed by atoms with Crippen molar-refractivity contribution >= 4 is 20.2 Å². The van der Waals surface area contributed by atoms with Crippen LogP contribution in [0.1, 0.15) is 64.0 Å². The van der Waals surface area contributed by atoms with Crippen molar-refractivity contribution in [3.63, 3.8) is 0 Å². The molecule has 0 aromatic heterocycles. The summed E-state index contributed by atoms with van der Waals surface area (Å²) in [4.78, 5) is 0.137. The van der Waals surface area contributed by atoms with E-state index in [1.165, 1.54) is 24.3 Å². The Bertz CT molecular complexity index is 1050. The highest BCUT2D eigenvalue weighted by Crippen LogP contribution is 2.20. The molecule has 9 heteroatoms. The van der Waals surface area contributed by atoms with Crippen molar-refractivity contribution in [3.05, 3.63) is 59.7 Å². The Hall–Kier alpha value is -1.78. The smallest absolute Gasteiger partial charge is 0.296 e. The lowest BCUT2D eigenvalue weighted by atomic mass is 10.0. The molecule has 0 saturated carbocycles. The Labute approximate surface area is 217 Å². The molecule has 0 aliphatic carbocycles. The van der Waals surface area contributed by atoms with Gasteiger partial charge in [0.15, 0.2) is 0 Å². The zero-order valence-corrected chi connectivity index (χ0v) is 23.7. The van der Waals surface area contributed by atoms with Crippen LogP contribution in [0.5, 0.6) is 0 Å². The minimum Gasteiger partial charge on any atom is -0.376 e. The predicted molar refractivity (Wildman–Crippen MR) is 141 cm³/mol. The Kier molecular flexibility index (Phi) is 11.6. The molecule has 0 fully saturated rings. The average Bonchev–Trinajstić information content (AvgIpc) is 2.79. The lowest BCUT2D eigenvalue weighted by Gasteiger charge is -2.19. The third-order valence-corrected chi connectivity index (χ3v) is 8.17. The summed E-state index contributed by atoms with van der Waals surface area (Å²) >= 11 is 0. The van der Waals surface area contributed by atoms with E-state index in [1.54, 1.807) is 24.3 Å². The summed E-state index contributed by atoms with van der Waals surface area (Å²) in [5.74, 6) is -0.406. The molecule has 0 saturated heterocycles. The first-order chi connectivity index (χ1) is 16.8. The van der Waals surface area contributed by atoms with Crippen molar-refractivity contribution < 1.29 is 29.9 Å². The first kappa shape index (κ1) is 30.4. The molecule has 0 aliphatic heterocycles. The second kappa shape index (κ2) is 13.7. The van der Waals surface area contributed by atoms with E-state index in [1.807, 2.05) is 34.6 Å². The second-order valence-corrected chi connectivity index (χ2v) is 13.4. The van der Waals surface area contributed by atoms with E-state index >= 15 is 0 Å². The minimum atomic E-state index is -3.96. The first-order valence-corrected chi connectivity index (χ1v) is 15.2. The van der Waals surface area contributed by atoms with Crippen molar-refractivity contribution in [2.24, 2.45) is 5.92 Å². The molecule has 0 N–H and O–H groups in total. The van der Waals surface area contributed by atoms with E-state index in [0.29, 0.717) is 13.0 Å². The van der Waals surface area contributed by atoms with Gasteiger partial charge in [-0.3, -0.25) is 8.37 Å². The van der Waals surface area contributed by atoms with E-state index in [-0.39, 0.29) is 28.6 Å². The number of hydrogen-bond acceptors (Lipinski definition) is 7. The highest BCUT2D eigenvalue weighted by molar-refractivity contribution is 7.87. The topological polar surface area (TPSA) is 96.0 Å². The van der Waals surface area contributed by atoms with E-state index < -0.39 is 26.2 Å². The van der Waals surface area contributed by atoms with E-state index in [0.717, 1.165) is 36.8 Å². The molecule has 0 heterocycles. The zero-order chi connectivity index (χ0) is 26.8. The van der Waals surface area contributed by atoms with Crippen molar-refractivity contribution in [2.45, 2.75) is 82.1 Å². The monoisotopic (exact) mass is 540 g/mol. The number of benzene rings is 2. The molecule has 0 spiro atoms. The van der Waals surface area contributed by atoms with Gasteiger partial charge in [-0.2, -0.15) is 16.8 Å². The molecule has 0 aliphatic rings. The predicted octanol–water partition coefficient (Wildman–Crippen LogP) is 5.80. The van der Waals surface area contributed by atoms with E-state index in [4.69, 9.17) is 13.1 Å². The molecular formula is C27H40O7S2. The van der Waals surface area contributed by atoms with Crippen LogP contribution in [0.25, 0.3) is 0 Å².